The van der Waals surface area contributed by atoms with E-state index < -0.39 is 5.76 Å². The van der Waals surface area contributed by atoms with Crippen LogP contribution in [0.15, 0.2) is 41.7 Å². The molecule has 0 aliphatic carbocycles. The second kappa shape index (κ2) is 9.09. The summed E-state index contributed by atoms with van der Waals surface area (Å²) in [6.45, 7) is 2.68. The zero-order chi connectivity index (χ0) is 20.1. The van der Waals surface area contributed by atoms with Crippen LogP contribution in [0.1, 0.15) is 28.8 Å². The highest BCUT2D eigenvalue weighted by atomic mass is 32.2. The molecule has 148 valence electrons. The van der Waals surface area contributed by atoms with Gasteiger partial charge in [0.15, 0.2) is 0 Å². The molecule has 2 amide bonds. The predicted octanol–water partition coefficient (Wildman–Crippen LogP) is 3.59. The summed E-state index contributed by atoms with van der Waals surface area (Å²) in [4.78, 5) is 34.8. The number of carbonyl (C=O) groups is 2. The Hall–Kier alpha value is -2.55. The van der Waals surface area contributed by atoms with Crippen LogP contribution in [0.2, 0.25) is 0 Å². The Kier molecular flexibility index (Phi) is 6.56. The van der Waals surface area contributed by atoms with Crippen molar-refractivity contribution in [3.05, 3.63) is 47.8 Å². The van der Waals surface area contributed by atoms with Crippen LogP contribution in [-0.4, -0.2) is 45.5 Å². The van der Waals surface area contributed by atoms with E-state index >= 15 is 0 Å². The summed E-state index contributed by atoms with van der Waals surface area (Å²) in [7, 11) is 0. The van der Waals surface area contributed by atoms with Gasteiger partial charge in [-0.25, -0.2) is 9.97 Å². The summed E-state index contributed by atoms with van der Waals surface area (Å²) in [5.74, 6) is -2.84. The van der Waals surface area contributed by atoms with Crippen LogP contribution in [0, 0.1) is 12.8 Å². The summed E-state index contributed by atoms with van der Waals surface area (Å²) in [6, 6.07) is 6.67. The van der Waals surface area contributed by atoms with Crippen LogP contribution in [0.3, 0.4) is 0 Å². The van der Waals surface area contributed by atoms with E-state index in [0.29, 0.717) is 31.7 Å². The summed E-state index contributed by atoms with van der Waals surface area (Å²) < 4.78 is 25.4. The first-order valence-electron chi connectivity index (χ1n) is 8.86. The highest BCUT2D eigenvalue weighted by molar-refractivity contribution is 7.99. The lowest BCUT2D eigenvalue weighted by atomic mass is 9.95. The van der Waals surface area contributed by atoms with E-state index in [0.717, 1.165) is 5.56 Å². The van der Waals surface area contributed by atoms with E-state index in [1.54, 1.807) is 23.2 Å². The van der Waals surface area contributed by atoms with E-state index in [4.69, 9.17) is 0 Å². The molecule has 9 heteroatoms. The molecule has 0 aromatic carbocycles. The van der Waals surface area contributed by atoms with Gasteiger partial charge < -0.3 is 10.2 Å². The number of alkyl halides is 2. The number of aryl methyl sites for hydroxylation is 1. The summed E-state index contributed by atoms with van der Waals surface area (Å²) >= 11 is 0.262. The third kappa shape index (κ3) is 5.03. The molecule has 6 nitrogen and oxygen atoms in total. The minimum atomic E-state index is -2.65. The zero-order valence-electron chi connectivity index (χ0n) is 15.3. The van der Waals surface area contributed by atoms with Crippen LogP contribution >= 0.6 is 11.8 Å². The molecule has 2 aromatic rings. The monoisotopic (exact) mass is 406 g/mol. The van der Waals surface area contributed by atoms with Crippen LogP contribution < -0.4 is 5.32 Å². The molecular weight excluding hydrogens is 386 g/mol. The van der Waals surface area contributed by atoms with Crippen molar-refractivity contribution in [2.45, 2.75) is 30.5 Å². The van der Waals surface area contributed by atoms with E-state index in [1.807, 2.05) is 13.0 Å². The summed E-state index contributed by atoms with van der Waals surface area (Å²) in [6.07, 6.45) is 4.07. The first kappa shape index (κ1) is 20.2. The zero-order valence-corrected chi connectivity index (χ0v) is 16.1. The van der Waals surface area contributed by atoms with Gasteiger partial charge in [0.05, 0.1) is 5.56 Å². The van der Waals surface area contributed by atoms with Crippen LogP contribution in [-0.2, 0) is 4.79 Å². The third-order valence-electron chi connectivity index (χ3n) is 4.52. The van der Waals surface area contributed by atoms with Crippen LogP contribution in [0.5, 0.6) is 0 Å². The fourth-order valence-corrected chi connectivity index (χ4v) is 3.59. The average Bonchev–Trinajstić information content (AvgIpc) is 2.69. The first-order valence-corrected chi connectivity index (χ1v) is 9.74. The number of nitrogens with zero attached hydrogens (tertiary/aromatic N) is 3. The molecule has 0 unspecified atom stereocenters. The molecule has 28 heavy (non-hydrogen) atoms. The van der Waals surface area contributed by atoms with Gasteiger partial charge in [-0.15, -0.1) is 0 Å². The maximum atomic E-state index is 12.7. The molecule has 1 aliphatic rings. The Labute approximate surface area is 165 Å². The highest BCUT2D eigenvalue weighted by Crippen LogP contribution is 2.28. The number of rotatable bonds is 5. The molecule has 0 radical (unpaired) electrons. The van der Waals surface area contributed by atoms with E-state index in [9.17, 15) is 18.4 Å². The molecule has 0 atom stereocenters. The Bertz CT molecular complexity index is 840. The number of thioether (sulfide) groups is 1. The molecule has 1 saturated heterocycles. The van der Waals surface area contributed by atoms with Crippen LogP contribution in [0.25, 0.3) is 0 Å². The molecule has 1 fully saturated rings. The number of nitrogens with one attached hydrogen (secondary N) is 1. The second-order valence-corrected chi connectivity index (χ2v) is 7.49. The van der Waals surface area contributed by atoms with Gasteiger partial charge in [0.1, 0.15) is 10.8 Å². The second-order valence-electron chi connectivity index (χ2n) is 6.51. The SMILES string of the molecule is Cc1ccc(NC(=O)C2CCN(C(=O)c3cccnc3SC(F)F)CC2)nc1. The quantitative estimate of drug-likeness (QED) is 0.768. The van der Waals surface area contributed by atoms with Gasteiger partial charge in [-0.2, -0.15) is 8.78 Å². The number of carbonyl (C=O) groups excluding carboxylic acids is 2. The molecule has 0 spiro atoms. The predicted molar refractivity (Wildman–Crippen MR) is 102 cm³/mol. The summed E-state index contributed by atoms with van der Waals surface area (Å²) in [5.41, 5.74) is 1.17. The lowest BCUT2D eigenvalue weighted by Gasteiger charge is -2.31. The molecule has 0 saturated carbocycles. The fourth-order valence-electron chi connectivity index (χ4n) is 3.02. The standard InChI is InChI=1S/C19H20F2N4O2S/c1-12-4-5-15(23-11-12)24-16(26)13-6-9-25(10-7-13)18(27)14-3-2-8-22-17(14)28-19(20)21/h2-5,8,11,13,19H,6-7,9-10H2,1H3,(H,23,24,26). The number of halogens is 2. The summed E-state index contributed by atoms with van der Waals surface area (Å²) in [5, 5.41) is 2.82. The number of anilines is 1. The Morgan fingerprint density at radius 3 is 2.61 bits per heavy atom. The van der Waals surface area contributed by atoms with Gasteiger partial charge in [0.25, 0.3) is 11.7 Å². The van der Waals surface area contributed by atoms with Gasteiger partial charge in [0.2, 0.25) is 5.91 Å². The van der Waals surface area contributed by atoms with Gasteiger partial charge in [-0.05, 0) is 55.3 Å². The molecule has 2 aromatic heterocycles. The van der Waals surface area contributed by atoms with Crippen LogP contribution in [0.4, 0.5) is 14.6 Å². The minimum Gasteiger partial charge on any atom is -0.339 e. The average molecular weight is 406 g/mol. The van der Waals surface area contributed by atoms with Gasteiger partial charge in [-0.3, -0.25) is 9.59 Å². The van der Waals surface area contributed by atoms with Crippen molar-refractivity contribution in [1.82, 2.24) is 14.9 Å². The Morgan fingerprint density at radius 1 is 1.21 bits per heavy atom. The molecule has 3 rings (SSSR count). The highest BCUT2D eigenvalue weighted by Gasteiger charge is 2.29. The Balaban J connectivity index is 1.58. The van der Waals surface area contributed by atoms with Gasteiger partial charge >= 0.3 is 0 Å². The number of hydrogen-bond donors (Lipinski definition) is 1. The maximum absolute atomic E-state index is 12.7. The van der Waals surface area contributed by atoms with E-state index in [-0.39, 0.29) is 40.1 Å². The largest absolute Gasteiger partial charge is 0.339 e. The maximum Gasteiger partial charge on any atom is 0.290 e. The molecule has 1 N–H and O–H groups in total. The molecule has 3 heterocycles. The smallest absolute Gasteiger partial charge is 0.290 e. The fraction of sp³-hybridized carbons (Fsp3) is 0.368. The number of aromatic nitrogens is 2. The van der Waals surface area contributed by atoms with Crippen molar-refractivity contribution in [3.8, 4) is 0 Å². The van der Waals surface area contributed by atoms with Gasteiger partial charge in [0, 0.05) is 31.4 Å². The van der Waals surface area contributed by atoms with Crippen molar-refractivity contribution in [1.29, 1.82) is 0 Å². The van der Waals surface area contributed by atoms with Gasteiger partial charge in [-0.1, -0.05) is 6.07 Å². The lowest BCUT2D eigenvalue weighted by Crippen LogP contribution is -2.41. The van der Waals surface area contributed by atoms with Crippen molar-refractivity contribution in [2.24, 2.45) is 5.92 Å². The van der Waals surface area contributed by atoms with Crippen molar-refractivity contribution >= 4 is 29.4 Å². The number of pyridine rings is 2. The molecular formula is C19H20F2N4O2S. The van der Waals surface area contributed by atoms with Crippen molar-refractivity contribution < 1.29 is 18.4 Å². The van der Waals surface area contributed by atoms with Crippen molar-refractivity contribution in [3.63, 3.8) is 0 Å². The van der Waals surface area contributed by atoms with E-state index in [2.05, 4.69) is 15.3 Å². The Morgan fingerprint density at radius 2 is 1.96 bits per heavy atom. The number of likely N-dealkylation sites (tertiary alicyclic amines) is 1. The first-order chi connectivity index (χ1) is 13.4. The van der Waals surface area contributed by atoms with Crippen molar-refractivity contribution in [2.75, 3.05) is 18.4 Å². The number of amides is 2. The number of piperidine rings is 1. The topological polar surface area (TPSA) is 75.2 Å². The normalized spacial score (nSPS) is 14.9. The lowest BCUT2D eigenvalue weighted by molar-refractivity contribution is -0.121. The third-order valence-corrected chi connectivity index (χ3v) is 5.24. The number of hydrogen-bond acceptors (Lipinski definition) is 5. The van der Waals surface area contributed by atoms with E-state index in [1.165, 1.54) is 12.3 Å². The molecule has 0 bridgehead atoms. The molecule has 1 aliphatic heterocycles. The minimum absolute atomic E-state index is 0.0211.